The van der Waals surface area contributed by atoms with E-state index in [0.717, 1.165) is 19.3 Å². The highest BCUT2D eigenvalue weighted by atomic mass is 16.5. The van der Waals surface area contributed by atoms with Crippen molar-refractivity contribution in [2.75, 3.05) is 6.61 Å². The second-order valence-corrected chi connectivity index (χ2v) is 3.98. The molecule has 0 aromatic carbocycles. The van der Waals surface area contributed by atoms with Crippen LogP contribution in [0, 0.1) is 0 Å². The molecule has 4 heteroatoms. The average Bonchev–Trinajstić information content (AvgIpc) is 2.39. The third kappa shape index (κ3) is 3.96. The summed E-state index contributed by atoms with van der Waals surface area (Å²) in [5.74, 6) is -0.998. The number of nitrogens with zero attached hydrogens (tertiary/aromatic N) is 1. The summed E-state index contributed by atoms with van der Waals surface area (Å²) < 4.78 is 5.63. The molecule has 1 heterocycles. The van der Waals surface area contributed by atoms with Crippen LogP contribution in [0.4, 0.5) is 0 Å². The number of carboxylic acid groups (broad SMARTS) is 1. The summed E-state index contributed by atoms with van der Waals surface area (Å²) in [7, 11) is 0. The molecular formula is C14H19NO3. The lowest BCUT2D eigenvalue weighted by molar-refractivity contribution is 0.0653. The van der Waals surface area contributed by atoms with Gasteiger partial charge in [-0.1, -0.05) is 25.8 Å². The summed E-state index contributed by atoms with van der Waals surface area (Å²) >= 11 is 0. The van der Waals surface area contributed by atoms with E-state index in [1.165, 1.54) is 6.07 Å². The monoisotopic (exact) mass is 249 g/mol. The first-order valence-electron chi connectivity index (χ1n) is 6.13. The molecule has 98 valence electrons. The number of aromatic carboxylic acids is 1. The minimum atomic E-state index is -0.998. The zero-order valence-corrected chi connectivity index (χ0v) is 10.6. The molecule has 18 heavy (non-hydrogen) atoms. The molecule has 1 N–H and O–H groups in total. The largest absolute Gasteiger partial charge is 0.478 e. The first-order chi connectivity index (χ1) is 8.70. The van der Waals surface area contributed by atoms with Crippen LogP contribution in [-0.4, -0.2) is 22.7 Å². The van der Waals surface area contributed by atoms with Crippen molar-refractivity contribution in [3.8, 4) is 0 Å². The SMILES string of the molecule is C=CC(OCCCCC)c1ncccc1C(=O)O. The van der Waals surface area contributed by atoms with E-state index < -0.39 is 12.1 Å². The van der Waals surface area contributed by atoms with Gasteiger partial charge in [-0.05, 0) is 18.6 Å². The number of rotatable bonds is 8. The van der Waals surface area contributed by atoms with Gasteiger partial charge in [0.2, 0.25) is 0 Å². The van der Waals surface area contributed by atoms with Crippen molar-refractivity contribution in [1.82, 2.24) is 4.98 Å². The van der Waals surface area contributed by atoms with Crippen molar-refractivity contribution in [1.29, 1.82) is 0 Å². The second kappa shape index (κ2) is 7.61. The van der Waals surface area contributed by atoms with Crippen LogP contribution in [0.5, 0.6) is 0 Å². The maximum Gasteiger partial charge on any atom is 0.337 e. The van der Waals surface area contributed by atoms with Crippen LogP contribution >= 0.6 is 0 Å². The number of unbranched alkanes of at least 4 members (excludes halogenated alkanes) is 2. The van der Waals surface area contributed by atoms with Crippen LogP contribution in [0.1, 0.15) is 48.3 Å². The minimum Gasteiger partial charge on any atom is -0.478 e. The molecule has 0 aliphatic heterocycles. The van der Waals surface area contributed by atoms with Crippen LogP contribution < -0.4 is 0 Å². The summed E-state index contributed by atoms with van der Waals surface area (Å²) in [6.45, 7) is 6.38. The Morgan fingerprint density at radius 2 is 2.39 bits per heavy atom. The van der Waals surface area contributed by atoms with Gasteiger partial charge >= 0.3 is 5.97 Å². The number of hydrogen-bond donors (Lipinski definition) is 1. The van der Waals surface area contributed by atoms with E-state index in [1.807, 2.05) is 0 Å². The molecule has 1 aromatic heterocycles. The van der Waals surface area contributed by atoms with Crippen molar-refractivity contribution in [3.63, 3.8) is 0 Å². The number of carbonyl (C=O) groups is 1. The van der Waals surface area contributed by atoms with Crippen molar-refractivity contribution < 1.29 is 14.6 Å². The first-order valence-corrected chi connectivity index (χ1v) is 6.13. The molecule has 1 rings (SSSR count). The fourth-order valence-electron chi connectivity index (χ4n) is 1.65. The quantitative estimate of drug-likeness (QED) is 0.567. The fourth-order valence-corrected chi connectivity index (χ4v) is 1.65. The molecule has 0 spiro atoms. The zero-order chi connectivity index (χ0) is 13.4. The number of aromatic nitrogens is 1. The zero-order valence-electron chi connectivity index (χ0n) is 10.6. The Morgan fingerprint density at radius 1 is 1.61 bits per heavy atom. The predicted octanol–water partition coefficient (Wildman–Crippen LogP) is 3.21. The van der Waals surface area contributed by atoms with Crippen LogP contribution in [0.2, 0.25) is 0 Å². The lowest BCUT2D eigenvalue weighted by Crippen LogP contribution is -2.11. The summed E-state index contributed by atoms with van der Waals surface area (Å²) in [5, 5.41) is 9.09. The highest BCUT2D eigenvalue weighted by Crippen LogP contribution is 2.20. The Hall–Kier alpha value is -1.68. The van der Waals surface area contributed by atoms with Gasteiger partial charge < -0.3 is 9.84 Å². The van der Waals surface area contributed by atoms with Crippen LogP contribution in [0.15, 0.2) is 31.0 Å². The molecule has 0 saturated carbocycles. The van der Waals surface area contributed by atoms with E-state index in [-0.39, 0.29) is 5.56 Å². The smallest absolute Gasteiger partial charge is 0.337 e. The minimum absolute atomic E-state index is 0.165. The molecule has 0 bridgehead atoms. The van der Waals surface area contributed by atoms with E-state index in [4.69, 9.17) is 9.84 Å². The molecule has 1 atom stereocenters. The van der Waals surface area contributed by atoms with Gasteiger partial charge in [-0.25, -0.2) is 4.79 Å². The normalized spacial score (nSPS) is 12.1. The van der Waals surface area contributed by atoms with Gasteiger partial charge in [-0.15, -0.1) is 6.58 Å². The molecular weight excluding hydrogens is 230 g/mol. The van der Waals surface area contributed by atoms with Gasteiger partial charge in [0.1, 0.15) is 6.10 Å². The van der Waals surface area contributed by atoms with Gasteiger partial charge in [0.05, 0.1) is 11.3 Å². The summed E-state index contributed by atoms with van der Waals surface area (Å²) in [6.07, 6.45) is 5.85. The van der Waals surface area contributed by atoms with Crippen LogP contribution in [0.25, 0.3) is 0 Å². The molecule has 1 unspecified atom stereocenters. The highest BCUT2D eigenvalue weighted by Gasteiger charge is 2.18. The number of ether oxygens (including phenoxy) is 1. The van der Waals surface area contributed by atoms with E-state index in [1.54, 1.807) is 18.3 Å². The molecule has 0 amide bonds. The van der Waals surface area contributed by atoms with E-state index >= 15 is 0 Å². The number of hydrogen-bond acceptors (Lipinski definition) is 3. The molecule has 1 aromatic rings. The Morgan fingerprint density at radius 3 is 3.00 bits per heavy atom. The molecule has 0 aliphatic rings. The number of pyridine rings is 1. The summed E-state index contributed by atoms with van der Waals surface area (Å²) in [6, 6.07) is 3.13. The predicted molar refractivity (Wildman–Crippen MR) is 69.6 cm³/mol. The molecule has 4 nitrogen and oxygen atoms in total. The molecule has 0 aliphatic carbocycles. The van der Waals surface area contributed by atoms with Crippen LogP contribution in [-0.2, 0) is 4.74 Å². The average molecular weight is 249 g/mol. The first kappa shape index (κ1) is 14.4. The topological polar surface area (TPSA) is 59.4 Å². The maximum atomic E-state index is 11.1. The van der Waals surface area contributed by atoms with Crippen molar-refractivity contribution in [2.45, 2.75) is 32.3 Å². The van der Waals surface area contributed by atoms with Gasteiger partial charge in [0, 0.05) is 12.8 Å². The summed E-state index contributed by atoms with van der Waals surface area (Å²) in [4.78, 5) is 15.2. The van der Waals surface area contributed by atoms with Crippen molar-refractivity contribution >= 4 is 5.97 Å². The van der Waals surface area contributed by atoms with Crippen molar-refractivity contribution in [2.24, 2.45) is 0 Å². The Balaban J connectivity index is 2.75. The Bertz CT molecular complexity index is 404. The van der Waals surface area contributed by atoms with E-state index in [0.29, 0.717) is 12.3 Å². The van der Waals surface area contributed by atoms with E-state index in [2.05, 4.69) is 18.5 Å². The highest BCUT2D eigenvalue weighted by molar-refractivity contribution is 5.89. The lowest BCUT2D eigenvalue weighted by atomic mass is 10.1. The van der Waals surface area contributed by atoms with Gasteiger partial charge in [-0.2, -0.15) is 0 Å². The Kier molecular flexibility index (Phi) is 6.08. The molecule has 0 radical (unpaired) electrons. The number of carboxylic acids is 1. The van der Waals surface area contributed by atoms with Gasteiger partial charge in [0.25, 0.3) is 0 Å². The maximum absolute atomic E-state index is 11.1. The van der Waals surface area contributed by atoms with E-state index in [9.17, 15) is 4.79 Å². The third-order valence-electron chi connectivity index (χ3n) is 2.60. The third-order valence-corrected chi connectivity index (χ3v) is 2.60. The fraction of sp³-hybridized carbons (Fsp3) is 0.429. The molecule has 0 saturated heterocycles. The molecule has 0 fully saturated rings. The Labute approximate surface area is 107 Å². The second-order valence-electron chi connectivity index (χ2n) is 3.98. The lowest BCUT2D eigenvalue weighted by Gasteiger charge is -2.15. The standard InChI is InChI=1S/C14H19NO3/c1-3-5-6-10-18-12(4-2)13-11(14(16)17)8-7-9-15-13/h4,7-9,12H,2-3,5-6,10H2,1H3,(H,16,17). The van der Waals surface area contributed by atoms with Crippen molar-refractivity contribution in [3.05, 3.63) is 42.2 Å². The van der Waals surface area contributed by atoms with Gasteiger partial charge in [0.15, 0.2) is 0 Å². The van der Waals surface area contributed by atoms with Crippen LogP contribution in [0.3, 0.4) is 0 Å². The van der Waals surface area contributed by atoms with Gasteiger partial charge in [-0.3, -0.25) is 4.98 Å². The summed E-state index contributed by atoms with van der Waals surface area (Å²) in [5.41, 5.74) is 0.578.